The molecule has 0 atom stereocenters. The molecule has 0 bridgehead atoms. The average molecular weight is 574 g/mol. The summed E-state index contributed by atoms with van der Waals surface area (Å²) in [5.41, 5.74) is 6.21. The maximum Gasteiger partial charge on any atom is 0.343 e. The molecule has 3 aromatic rings. The molecule has 0 aliphatic rings. The van der Waals surface area contributed by atoms with Crippen LogP contribution >= 0.6 is 31.9 Å². The first kappa shape index (κ1) is 24.7. The van der Waals surface area contributed by atoms with Crippen LogP contribution in [0.1, 0.15) is 32.6 Å². The van der Waals surface area contributed by atoms with E-state index in [1.807, 2.05) is 45.0 Å². The first-order chi connectivity index (χ1) is 15.7. The van der Waals surface area contributed by atoms with Crippen LogP contribution in [0.25, 0.3) is 0 Å². The van der Waals surface area contributed by atoms with Crippen LogP contribution < -0.4 is 14.9 Å². The zero-order valence-corrected chi connectivity index (χ0v) is 21.5. The van der Waals surface area contributed by atoms with Gasteiger partial charge in [0.2, 0.25) is 0 Å². The molecule has 1 amide bonds. The third-order valence-electron chi connectivity index (χ3n) is 4.63. The Morgan fingerprint density at radius 2 is 1.67 bits per heavy atom. The molecule has 1 N–H and O–H groups in total. The summed E-state index contributed by atoms with van der Waals surface area (Å²) in [4.78, 5) is 24.8. The monoisotopic (exact) mass is 572 g/mol. The van der Waals surface area contributed by atoms with Gasteiger partial charge in [-0.2, -0.15) is 5.10 Å². The zero-order chi connectivity index (χ0) is 24.0. The van der Waals surface area contributed by atoms with E-state index in [0.29, 0.717) is 21.3 Å². The van der Waals surface area contributed by atoms with E-state index in [0.717, 1.165) is 21.2 Å². The molecule has 3 rings (SSSR count). The number of hydrogen-bond acceptors (Lipinski definition) is 5. The highest BCUT2D eigenvalue weighted by Crippen LogP contribution is 2.32. The molecule has 0 radical (unpaired) electrons. The number of halogens is 2. The number of ether oxygens (including phenoxy) is 2. The predicted molar refractivity (Wildman–Crippen MR) is 135 cm³/mol. The molecule has 6 nitrogen and oxygen atoms in total. The molecule has 0 unspecified atom stereocenters. The SMILES string of the molecule is Cc1cccc(C(=O)Oc2c(Br)cc(Br)cc2/C=N/NC(=O)COc2c(C)cccc2C)c1. The lowest BCUT2D eigenvalue weighted by Crippen LogP contribution is -2.25. The highest BCUT2D eigenvalue weighted by Gasteiger charge is 2.15. The summed E-state index contributed by atoms with van der Waals surface area (Å²) in [6.07, 6.45) is 1.41. The Balaban J connectivity index is 1.69. The molecule has 0 aliphatic heterocycles. The summed E-state index contributed by atoms with van der Waals surface area (Å²) < 4.78 is 12.6. The Hall–Kier alpha value is -2.97. The quantitative estimate of drug-likeness (QED) is 0.166. The number of nitrogens with one attached hydrogen (secondary N) is 1. The number of aryl methyl sites for hydroxylation is 3. The fourth-order valence-corrected chi connectivity index (χ4v) is 4.42. The van der Waals surface area contributed by atoms with E-state index in [4.69, 9.17) is 9.47 Å². The van der Waals surface area contributed by atoms with Crippen LogP contribution in [0.4, 0.5) is 0 Å². The van der Waals surface area contributed by atoms with Crippen molar-refractivity contribution >= 4 is 50.0 Å². The Kier molecular flexibility index (Phi) is 8.41. The van der Waals surface area contributed by atoms with E-state index in [1.165, 1.54) is 6.21 Å². The molecule has 0 fully saturated rings. The molecular weight excluding hydrogens is 552 g/mol. The fourth-order valence-electron chi connectivity index (χ4n) is 3.08. The minimum atomic E-state index is -0.498. The number of para-hydroxylation sites is 1. The molecule has 170 valence electrons. The van der Waals surface area contributed by atoms with Crippen LogP contribution in [0.5, 0.6) is 11.5 Å². The zero-order valence-electron chi connectivity index (χ0n) is 18.3. The summed E-state index contributed by atoms with van der Waals surface area (Å²) in [6.45, 7) is 5.56. The van der Waals surface area contributed by atoms with Crippen molar-refractivity contribution in [3.05, 3.63) is 91.4 Å². The van der Waals surface area contributed by atoms with Crippen LogP contribution in [0.15, 0.2) is 68.6 Å². The van der Waals surface area contributed by atoms with Gasteiger partial charge in [0.05, 0.1) is 16.3 Å². The van der Waals surface area contributed by atoms with E-state index < -0.39 is 11.9 Å². The average Bonchev–Trinajstić information content (AvgIpc) is 2.75. The number of amides is 1. The van der Waals surface area contributed by atoms with Crippen LogP contribution in [0.2, 0.25) is 0 Å². The number of carbonyl (C=O) groups excluding carboxylic acids is 2. The molecule has 0 saturated heterocycles. The van der Waals surface area contributed by atoms with Crippen LogP contribution in [-0.4, -0.2) is 24.7 Å². The number of nitrogens with zero attached hydrogens (tertiary/aromatic N) is 1. The van der Waals surface area contributed by atoms with E-state index in [2.05, 4.69) is 42.4 Å². The summed E-state index contributed by atoms with van der Waals surface area (Å²) in [6, 6.07) is 16.4. The van der Waals surface area contributed by atoms with Gasteiger partial charge in [-0.15, -0.1) is 0 Å². The minimum absolute atomic E-state index is 0.180. The van der Waals surface area contributed by atoms with Gasteiger partial charge in [-0.1, -0.05) is 51.8 Å². The van der Waals surface area contributed by atoms with Gasteiger partial charge >= 0.3 is 5.97 Å². The second kappa shape index (κ2) is 11.2. The number of rotatable bonds is 7. The van der Waals surface area contributed by atoms with Crippen molar-refractivity contribution in [2.75, 3.05) is 6.61 Å². The number of esters is 1. The smallest absolute Gasteiger partial charge is 0.343 e. The Morgan fingerprint density at radius 3 is 2.36 bits per heavy atom. The molecule has 0 aromatic heterocycles. The minimum Gasteiger partial charge on any atom is -0.483 e. The van der Waals surface area contributed by atoms with Crippen LogP contribution in [0, 0.1) is 20.8 Å². The van der Waals surface area contributed by atoms with Gasteiger partial charge in [-0.25, -0.2) is 10.2 Å². The van der Waals surface area contributed by atoms with Gasteiger partial charge < -0.3 is 9.47 Å². The topological polar surface area (TPSA) is 77.0 Å². The van der Waals surface area contributed by atoms with Gasteiger partial charge in [0.25, 0.3) is 5.91 Å². The lowest BCUT2D eigenvalue weighted by Gasteiger charge is -2.11. The molecule has 3 aromatic carbocycles. The van der Waals surface area contributed by atoms with Crippen molar-refractivity contribution in [2.45, 2.75) is 20.8 Å². The second-order valence-corrected chi connectivity index (χ2v) is 9.14. The highest BCUT2D eigenvalue weighted by molar-refractivity contribution is 9.11. The molecule has 8 heteroatoms. The largest absolute Gasteiger partial charge is 0.483 e. The Bertz CT molecular complexity index is 1200. The lowest BCUT2D eigenvalue weighted by molar-refractivity contribution is -0.123. The third kappa shape index (κ3) is 6.76. The van der Waals surface area contributed by atoms with E-state index >= 15 is 0 Å². The van der Waals surface area contributed by atoms with E-state index in [-0.39, 0.29) is 12.4 Å². The first-order valence-electron chi connectivity index (χ1n) is 10.0. The van der Waals surface area contributed by atoms with Crippen molar-refractivity contribution in [3.63, 3.8) is 0 Å². The molecule has 33 heavy (non-hydrogen) atoms. The van der Waals surface area contributed by atoms with Gasteiger partial charge in [0.1, 0.15) is 5.75 Å². The standard InChI is InChI=1S/C25H22Br2N2O4/c1-15-6-4-9-18(10-15)25(31)33-24-19(11-20(26)12-21(24)27)13-28-29-22(30)14-32-23-16(2)7-5-8-17(23)3/h4-13H,14H2,1-3H3,(H,29,30)/b28-13+. The Morgan fingerprint density at radius 1 is 0.970 bits per heavy atom. The summed E-state index contributed by atoms with van der Waals surface area (Å²) >= 11 is 6.84. The van der Waals surface area contributed by atoms with Crippen molar-refractivity contribution in [1.29, 1.82) is 0 Å². The van der Waals surface area contributed by atoms with Crippen molar-refractivity contribution < 1.29 is 19.1 Å². The van der Waals surface area contributed by atoms with Gasteiger partial charge in [0.15, 0.2) is 12.4 Å². The fraction of sp³-hybridized carbons (Fsp3) is 0.160. The lowest BCUT2D eigenvalue weighted by atomic mass is 10.1. The number of hydrazone groups is 1. The Labute approximate surface area is 209 Å². The molecule has 0 spiro atoms. The maximum absolute atomic E-state index is 12.6. The van der Waals surface area contributed by atoms with Crippen molar-refractivity contribution in [1.82, 2.24) is 5.43 Å². The summed E-state index contributed by atoms with van der Waals surface area (Å²) in [5, 5.41) is 4.00. The summed E-state index contributed by atoms with van der Waals surface area (Å²) in [7, 11) is 0. The van der Waals surface area contributed by atoms with Gasteiger partial charge in [0, 0.05) is 10.0 Å². The van der Waals surface area contributed by atoms with Crippen LogP contribution in [-0.2, 0) is 4.79 Å². The molecule has 0 aliphatic carbocycles. The molecule has 0 saturated carbocycles. The molecule has 0 heterocycles. The van der Waals surface area contributed by atoms with Crippen LogP contribution in [0.3, 0.4) is 0 Å². The van der Waals surface area contributed by atoms with E-state index in [9.17, 15) is 9.59 Å². The van der Waals surface area contributed by atoms with Gasteiger partial charge in [-0.05, 0) is 72.1 Å². The summed E-state index contributed by atoms with van der Waals surface area (Å²) in [5.74, 6) is 0.0519. The van der Waals surface area contributed by atoms with E-state index in [1.54, 1.807) is 30.3 Å². The number of carbonyl (C=O) groups is 2. The highest BCUT2D eigenvalue weighted by atomic mass is 79.9. The number of benzene rings is 3. The predicted octanol–water partition coefficient (Wildman–Crippen LogP) is 5.89. The van der Waals surface area contributed by atoms with Crippen molar-refractivity contribution in [3.8, 4) is 11.5 Å². The van der Waals surface area contributed by atoms with Gasteiger partial charge in [-0.3, -0.25) is 4.79 Å². The number of hydrogen-bond donors (Lipinski definition) is 1. The second-order valence-electron chi connectivity index (χ2n) is 7.37. The molecular formula is C25H22Br2N2O4. The van der Waals surface area contributed by atoms with Crippen molar-refractivity contribution in [2.24, 2.45) is 5.10 Å². The third-order valence-corrected chi connectivity index (χ3v) is 5.68. The first-order valence-corrected chi connectivity index (χ1v) is 11.6. The maximum atomic E-state index is 12.6. The normalized spacial score (nSPS) is 10.8.